The smallest absolute Gasteiger partial charge is 0.305 e. The highest BCUT2D eigenvalue weighted by atomic mass is 16.5. The van der Waals surface area contributed by atoms with Crippen LogP contribution in [0.2, 0.25) is 0 Å². The van der Waals surface area contributed by atoms with E-state index >= 15 is 0 Å². The van der Waals surface area contributed by atoms with Crippen molar-refractivity contribution in [2.75, 3.05) is 7.11 Å². The maximum atomic E-state index is 10.9. The number of aromatic nitrogens is 2. The summed E-state index contributed by atoms with van der Waals surface area (Å²) in [7, 11) is 1.39. The molecule has 0 spiro atoms. The van der Waals surface area contributed by atoms with Gasteiger partial charge in [0.05, 0.1) is 13.4 Å². The molecule has 0 amide bonds. The van der Waals surface area contributed by atoms with Crippen molar-refractivity contribution in [3.8, 4) is 0 Å². The highest BCUT2D eigenvalue weighted by Gasteiger charge is 2.10. The van der Waals surface area contributed by atoms with Gasteiger partial charge >= 0.3 is 5.97 Å². The molecule has 0 fully saturated rings. The van der Waals surface area contributed by atoms with E-state index in [-0.39, 0.29) is 12.0 Å². The molecule has 0 saturated heterocycles. The third-order valence-electron chi connectivity index (χ3n) is 2.56. The first-order valence-electron chi connectivity index (χ1n) is 5.48. The number of ether oxygens (including phenoxy) is 1. The second-order valence-corrected chi connectivity index (χ2v) is 3.75. The van der Waals surface area contributed by atoms with Gasteiger partial charge in [0.1, 0.15) is 0 Å². The number of rotatable bonds is 6. The molecule has 1 aromatic heterocycles. The molecule has 0 aliphatic heterocycles. The summed E-state index contributed by atoms with van der Waals surface area (Å²) in [5, 5.41) is 0. The molecule has 90 valence electrons. The molecule has 0 bridgehead atoms. The summed E-state index contributed by atoms with van der Waals surface area (Å²) in [6.07, 6.45) is 5.37. The Morgan fingerprint density at radius 3 is 3.06 bits per heavy atom. The van der Waals surface area contributed by atoms with Gasteiger partial charge in [0, 0.05) is 37.3 Å². The Labute approximate surface area is 95.6 Å². The molecule has 5 nitrogen and oxygen atoms in total. The van der Waals surface area contributed by atoms with Crippen LogP contribution < -0.4 is 5.73 Å². The molecule has 5 heteroatoms. The lowest BCUT2D eigenvalue weighted by Gasteiger charge is -2.11. The fraction of sp³-hybridized carbons (Fsp3) is 0.636. The van der Waals surface area contributed by atoms with E-state index in [1.165, 1.54) is 7.11 Å². The van der Waals surface area contributed by atoms with Crippen LogP contribution in [0, 0.1) is 0 Å². The lowest BCUT2D eigenvalue weighted by Crippen LogP contribution is -2.25. The monoisotopic (exact) mass is 225 g/mol. The Morgan fingerprint density at radius 2 is 2.44 bits per heavy atom. The molecule has 1 heterocycles. The van der Waals surface area contributed by atoms with E-state index in [9.17, 15) is 4.79 Å². The third-order valence-corrected chi connectivity index (χ3v) is 2.56. The van der Waals surface area contributed by atoms with Gasteiger partial charge in [-0.3, -0.25) is 4.79 Å². The van der Waals surface area contributed by atoms with E-state index in [0.717, 1.165) is 18.7 Å². The number of esters is 1. The Morgan fingerprint density at radius 1 is 1.69 bits per heavy atom. The average Bonchev–Trinajstić information content (AvgIpc) is 2.73. The summed E-state index contributed by atoms with van der Waals surface area (Å²) in [6.45, 7) is 2.95. The molecule has 1 atom stereocenters. The van der Waals surface area contributed by atoms with Crippen LogP contribution in [-0.2, 0) is 22.5 Å². The van der Waals surface area contributed by atoms with E-state index in [0.29, 0.717) is 12.8 Å². The number of hydrogen-bond acceptors (Lipinski definition) is 4. The predicted molar refractivity (Wildman–Crippen MR) is 60.8 cm³/mol. The quantitative estimate of drug-likeness (QED) is 0.724. The lowest BCUT2D eigenvalue weighted by atomic mass is 10.1. The van der Waals surface area contributed by atoms with Crippen molar-refractivity contribution in [3.05, 3.63) is 18.2 Å². The normalized spacial score (nSPS) is 12.4. The maximum absolute atomic E-state index is 10.9. The summed E-state index contributed by atoms with van der Waals surface area (Å²) in [5.41, 5.74) is 7.05. The van der Waals surface area contributed by atoms with E-state index < -0.39 is 0 Å². The van der Waals surface area contributed by atoms with Crippen molar-refractivity contribution < 1.29 is 9.53 Å². The minimum atomic E-state index is -0.209. The van der Waals surface area contributed by atoms with Crippen LogP contribution in [-0.4, -0.2) is 28.7 Å². The van der Waals surface area contributed by atoms with Crippen LogP contribution >= 0.6 is 0 Å². The molecule has 1 aromatic rings. The van der Waals surface area contributed by atoms with Gasteiger partial charge in [-0.05, 0) is 13.3 Å². The van der Waals surface area contributed by atoms with Gasteiger partial charge in [0.25, 0.3) is 0 Å². The van der Waals surface area contributed by atoms with Crippen molar-refractivity contribution in [1.82, 2.24) is 9.55 Å². The van der Waals surface area contributed by atoms with Crippen LogP contribution in [0.5, 0.6) is 0 Å². The molecule has 0 radical (unpaired) electrons. The van der Waals surface area contributed by atoms with Crippen LogP contribution in [0.4, 0.5) is 0 Å². The van der Waals surface area contributed by atoms with Crippen molar-refractivity contribution in [3.63, 3.8) is 0 Å². The molecule has 0 aromatic carbocycles. The van der Waals surface area contributed by atoms with Crippen molar-refractivity contribution in [2.24, 2.45) is 5.73 Å². The number of carbonyl (C=O) groups excluding carboxylic acids is 1. The predicted octanol–water partition coefficient (Wildman–Crippen LogP) is 0.726. The summed E-state index contributed by atoms with van der Waals surface area (Å²) in [6, 6.07) is -0.0268. The molecule has 0 aliphatic rings. The highest BCUT2D eigenvalue weighted by Crippen LogP contribution is 2.06. The Kier molecular flexibility index (Phi) is 4.98. The summed E-state index contributed by atoms with van der Waals surface area (Å²) < 4.78 is 6.62. The van der Waals surface area contributed by atoms with E-state index in [1.54, 1.807) is 6.33 Å². The molecule has 1 rings (SSSR count). The van der Waals surface area contributed by atoms with Crippen molar-refractivity contribution >= 4 is 5.97 Å². The van der Waals surface area contributed by atoms with Gasteiger partial charge in [-0.25, -0.2) is 4.98 Å². The zero-order chi connectivity index (χ0) is 12.0. The standard InChI is InChI=1S/C11H19N3O2/c1-3-14-8-13-7-10(14)6-9(12)4-5-11(15)16-2/h7-9H,3-6,12H2,1-2H3. The molecule has 1 unspecified atom stereocenters. The van der Waals surface area contributed by atoms with Gasteiger partial charge in [-0.2, -0.15) is 0 Å². The molecule has 0 aliphatic carbocycles. The fourth-order valence-electron chi connectivity index (χ4n) is 1.58. The molecule has 0 saturated carbocycles. The fourth-order valence-corrected chi connectivity index (χ4v) is 1.58. The van der Waals surface area contributed by atoms with Gasteiger partial charge < -0.3 is 15.0 Å². The SMILES string of the molecule is CCn1cncc1CC(N)CCC(=O)OC. The van der Waals surface area contributed by atoms with Crippen LogP contribution in [0.1, 0.15) is 25.5 Å². The number of nitrogens with zero attached hydrogens (tertiary/aromatic N) is 2. The van der Waals surface area contributed by atoms with Crippen molar-refractivity contribution in [1.29, 1.82) is 0 Å². The van der Waals surface area contributed by atoms with Gasteiger partial charge in [0.15, 0.2) is 0 Å². The Hall–Kier alpha value is -1.36. The van der Waals surface area contributed by atoms with Crippen molar-refractivity contribution in [2.45, 2.75) is 38.8 Å². The molecule has 2 N–H and O–H groups in total. The van der Waals surface area contributed by atoms with Crippen LogP contribution in [0.3, 0.4) is 0 Å². The second kappa shape index (κ2) is 6.27. The average molecular weight is 225 g/mol. The summed E-state index contributed by atoms with van der Waals surface area (Å²) in [5.74, 6) is -0.209. The summed E-state index contributed by atoms with van der Waals surface area (Å²) >= 11 is 0. The number of methoxy groups -OCH3 is 1. The number of hydrogen-bond donors (Lipinski definition) is 1. The van der Waals surface area contributed by atoms with Crippen LogP contribution in [0.25, 0.3) is 0 Å². The van der Waals surface area contributed by atoms with E-state index in [4.69, 9.17) is 5.73 Å². The topological polar surface area (TPSA) is 70.1 Å². The minimum absolute atomic E-state index is 0.0268. The number of aryl methyl sites for hydroxylation is 1. The largest absolute Gasteiger partial charge is 0.469 e. The minimum Gasteiger partial charge on any atom is -0.469 e. The number of nitrogens with two attached hydrogens (primary N) is 1. The second-order valence-electron chi connectivity index (χ2n) is 3.75. The lowest BCUT2D eigenvalue weighted by molar-refractivity contribution is -0.140. The Bertz CT molecular complexity index is 336. The van der Waals surface area contributed by atoms with Crippen LogP contribution in [0.15, 0.2) is 12.5 Å². The molecular formula is C11H19N3O2. The van der Waals surface area contributed by atoms with Gasteiger partial charge in [-0.15, -0.1) is 0 Å². The maximum Gasteiger partial charge on any atom is 0.305 e. The first kappa shape index (κ1) is 12.7. The first-order valence-corrected chi connectivity index (χ1v) is 5.48. The zero-order valence-corrected chi connectivity index (χ0v) is 9.85. The first-order chi connectivity index (χ1) is 7.67. The van der Waals surface area contributed by atoms with E-state index in [1.807, 2.05) is 6.20 Å². The Balaban J connectivity index is 2.39. The molecular weight excluding hydrogens is 206 g/mol. The summed E-state index contributed by atoms with van der Waals surface area (Å²) in [4.78, 5) is 15.0. The third kappa shape index (κ3) is 3.66. The number of carbonyl (C=O) groups is 1. The number of imidazole rings is 1. The zero-order valence-electron chi connectivity index (χ0n) is 9.85. The molecule has 16 heavy (non-hydrogen) atoms. The van der Waals surface area contributed by atoms with Gasteiger partial charge in [-0.1, -0.05) is 0 Å². The van der Waals surface area contributed by atoms with Gasteiger partial charge in [0.2, 0.25) is 0 Å². The highest BCUT2D eigenvalue weighted by molar-refractivity contribution is 5.69. The van der Waals surface area contributed by atoms with E-state index in [2.05, 4.69) is 21.2 Å².